The molecule has 0 spiro atoms. The molecule has 198 valence electrons. The quantitative estimate of drug-likeness (QED) is 0.210. The van der Waals surface area contributed by atoms with Gasteiger partial charge >= 0.3 is 0 Å². The Balaban J connectivity index is 1.25. The first-order valence-corrected chi connectivity index (χ1v) is 14.9. The average Bonchev–Trinajstić information content (AvgIpc) is 3.42. The van der Waals surface area contributed by atoms with E-state index in [1.807, 2.05) is 23.6 Å². The largest absolute Gasteiger partial charge is 0.310 e. The van der Waals surface area contributed by atoms with Gasteiger partial charge < -0.3 is 4.90 Å². The lowest BCUT2D eigenvalue weighted by Gasteiger charge is -2.26. The molecule has 2 heterocycles. The second kappa shape index (κ2) is 10.3. The van der Waals surface area contributed by atoms with E-state index in [-0.39, 0.29) is 0 Å². The van der Waals surface area contributed by atoms with Crippen LogP contribution >= 0.6 is 11.3 Å². The van der Waals surface area contributed by atoms with Gasteiger partial charge in [0.1, 0.15) is 0 Å². The van der Waals surface area contributed by atoms with Gasteiger partial charge in [0.05, 0.1) is 5.52 Å². The van der Waals surface area contributed by atoms with Crippen LogP contribution in [0.25, 0.3) is 53.3 Å². The molecule has 0 aliphatic carbocycles. The van der Waals surface area contributed by atoms with Crippen LogP contribution in [0.15, 0.2) is 158 Å². The summed E-state index contributed by atoms with van der Waals surface area (Å²) in [7, 11) is 0. The molecule has 0 bridgehead atoms. The fourth-order valence-electron chi connectivity index (χ4n) is 5.79. The average molecular weight is 555 g/mol. The highest BCUT2D eigenvalue weighted by Gasteiger charge is 2.16. The zero-order chi connectivity index (χ0) is 27.9. The van der Waals surface area contributed by atoms with Gasteiger partial charge in [0.2, 0.25) is 0 Å². The first-order valence-electron chi connectivity index (χ1n) is 14.1. The zero-order valence-corrected chi connectivity index (χ0v) is 23.6. The molecule has 6 aromatic carbocycles. The number of hydrogen-bond acceptors (Lipinski definition) is 3. The third kappa shape index (κ3) is 4.41. The van der Waals surface area contributed by atoms with Crippen molar-refractivity contribution < 1.29 is 0 Å². The molecule has 0 aliphatic heterocycles. The van der Waals surface area contributed by atoms with E-state index in [4.69, 9.17) is 0 Å². The summed E-state index contributed by atoms with van der Waals surface area (Å²) >= 11 is 1.83. The monoisotopic (exact) mass is 554 g/mol. The van der Waals surface area contributed by atoms with E-state index >= 15 is 0 Å². The fourth-order valence-corrected chi connectivity index (χ4v) is 6.94. The number of anilines is 3. The molecule has 2 nitrogen and oxygen atoms in total. The lowest BCUT2D eigenvalue weighted by Crippen LogP contribution is -2.09. The second-order valence-electron chi connectivity index (χ2n) is 10.5. The molecule has 0 N–H and O–H groups in total. The molecule has 0 radical (unpaired) electrons. The summed E-state index contributed by atoms with van der Waals surface area (Å²) in [6.45, 7) is 0. The summed E-state index contributed by atoms with van der Waals surface area (Å²) < 4.78 is 2.53. The van der Waals surface area contributed by atoms with Crippen molar-refractivity contribution in [2.24, 2.45) is 0 Å². The molecule has 42 heavy (non-hydrogen) atoms. The molecule has 8 aromatic rings. The maximum atomic E-state index is 4.58. The van der Waals surface area contributed by atoms with Crippen molar-refractivity contribution in [2.45, 2.75) is 0 Å². The van der Waals surface area contributed by atoms with Crippen LogP contribution in [0.1, 0.15) is 0 Å². The van der Waals surface area contributed by atoms with Gasteiger partial charge in [-0.3, -0.25) is 4.98 Å². The lowest BCUT2D eigenvalue weighted by atomic mass is 10.0. The normalized spacial score (nSPS) is 11.3. The van der Waals surface area contributed by atoms with Crippen molar-refractivity contribution in [1.29, 1.82) is 0 Å². The topological polar surface area (TPSA) is 16.1 Å². The molecule has 2 aromatic heterocycles. The predicted molar refractivity (Wildman–Crippen MR) is 180 cm³/mol. The minimum absolute atomic E-state index is 1.04. The summed E-state index contributed by atoms with van der Waals surface area (Å²) in [5.74, 6) is 0. The van der Waals surface area contributed by atoms with E-state index < -0.39 is 0 Å². The van der Waals surface area contributed by atoms with Gasteiger partial charge in [-0.15, -0.1) is 11.3 Å². The van der Waals surface area contributed by atoms with Crippen molar-refractivity contribution in [3.05, 3.63) is 158 Å². The fraction of sp³-hybridized carbons (Fsp3) is 0. The Morgan fingerprint density at radius 1 is 0.429 bits per heavy atom. The summed E-state index contributed by atoms with van der Waals surface area (Å²) in [5, 5.41) is 3.74. The van der Waals surface area contributed by atoms with Gasteiger partial charge in [0.15, 0.2) is 0 Å². The van der Waals surface area contributed by atoms with Crippen molar-refractivity contribution in [3.8, 4) is 22.3 Å². The van der Waals surface area contributed by atoms with E-state index in [0.29, 0.717) is 0 Å². The van der Waals surface area contributed by atoms with E-state index in [1.165, 1.54) is 47.8 Å². The van der Waals surface area contributed by atoms with Gasteiger partial charge in [-0.1, -0.05) is 97.1 Å². The Bertz CT molecular complexity index is 2080. The Morgan fingerprint density at radius 2 is 0.976 bits per heavy atom. The molecule has 0 saturated carbocycles. The van der Waals surface area contributed by atoms with Crippen LogP contribution in [0.3, 0.4) is 0 Å². The summed E-state index contributed by atoms with van der Waals surface area (Å²) in [6.07, 6.45) is 1.86. The first kappa shape index (κ1) is 24.5. The summed E-state index contributed by atoms with van der Waals surface area (Å²) in [4.78, 5) is 6.94. The smallest absolute Gasteiger partial charge is 0.0716 e. The molecular weight excluding hydrogens is 529 g/mol. The molecule has 3 heteroatoms. The Morgan fingerprint density at radius 3 is 1.60 bits per heavy atom. The number of nitrogens with zero attached hydrogens (tertiary/aromatic N) is 2. The van der Waals surface area contributed by atoms with Crippen LogP contribution in [0.4, 0.5) is 17.1 Å². The number of benzene rings is 6. The lowest BCUT2D eigenvalue weighted by molar-refractivity contribution is 1.29. The van der Waals surface area contributed by atoms with Crippen LogP contribution in [-0.2, 0) is 0 Å². The Hall–Kier alpha value is -5.25. The van der Waals surface area contributed by atoms with Crippen molar-refractivity contribution in [2.75, 3.05) is 4.90 Å². The van der Waals surface area contributed by atoms with Gasteiger partial charge in [-0.05, 0) is 76.9 Å². The molecule has 0 saturated heterocycles. The number of thiophene rings is 1. The van der Waals surface area contributed by atoms with Gasteiger partial charge in [0, 0.05) is 48.8 Å². The van der Waals surface area contributed by atoms with Crippen molar-refractivity contribution in [1.82, 2.24) is 4.98 Å². The molecule has 8 rings (SSSR count). The van der Waals surface area contributed by atoms with E-state index in [9.17, 15) is 0 Å². The highest BCUT2D eigenvalue weighted by Crippen LogP contribution is 2.42. The SMILES string of the molecule is c1ccc(-c2ccc(N(c3ccc(-c4ccccc4)cc3)c3ccc4c(c3)sc3cc5ncccc5cc34)cc2)cc1. The molecule has 0 atom stereocenters. The van der Waals surface area contributed by atoms with Crippen LogP contribution in [0, 0.1) is 0 Å². The first-order chi connectivity index (χ1) is 20.8. The second-order valence-corrected chi connectivity index (χ2v) is 11.6. The predicted octanol–water partition coefficient (Wildman–Crippen LogP) is 11.4. The Labute approximate surface area is 248 Å². The number of pyridine rings is 1. The number of hydrogen-bond donors (Lipinski definition) is 0. The standard InChI is InChI=1S/C39H26N2S/c1-3-8-27(9-4-1)29-13-17-32(18-14-29)41(33-19-15-30(16-20-33)28-10-5-2-6-11-28)34-21-22-35-36-24-31-12-7-23-40-37(31)26-39(36)42-38(35)25-34/h1-26H. The van der Waals surface area contributed by atoms with Crippen molar-refractivity contribution in [3.63, 3.8) is 0 Å². The third-order valence-corrected chi connectivity index (χ3v) is 9.02. The maximum Gasteiger partial charge on any atom is 0.0716 e. The van der Waals surface area contributed by atoms with Crippen LogP contribution < -0.4 is 4.90 Å². The third-order valence-electron chi connectivity index (χ3n) is 7.90. The summed E-state index contributed by atoms with van der Waals surface area (Å²) in [5.41, 5.74) is 9.27. The van der Waals surface area contributed by atoms with Crippen LogP contribution in [-0.4, -0.2) is 4.98 Å². The van der Waals surface area contributed by atoms with E-state index in [2.05, 4.69) is 155 Å². The molecule has 0 aliphatic rings. The number of fused-ring (bicyclic) bond motifs is 4. The van der Waals surface area contributed by atoms with Gasteiger partial charge in [-0.2, -0.15) is 0 Å². The number of rotatable bonds is 5. The van der Waals surface area contributed by atoms with E-state index in [0.717, 1.165) is 22.6 Å². The van der Waals surface area contributed by atoms with Gasteiger partial charge in [-0.25, -0.2) is 0 Å². The van der Waals surface area contributed by atoms with Crippen molar-refractivity contribution >= 4 is 59.5 Å². The van der Waals surface area contributed by atoms with Crippen LogP contribution in [0.5, 0.6) is 0 Å². The molecule has 0 amide bonds. The van der Waals surface area contributed by atoms with E-state index in [1.54, 1.807) is 0 Å². The minimum Gasteiger partial charge on any atom is -0.310 e. The minimum atomic E-state index is 1.04. The number of aromatic nitrogens is 1. The van der Waals surface area contributed by atoms with Gasteiger partial charge in [0.25, 0.3) is 0 Å². The molecule has 0 unspecified atom stereocenters. The highest BCUT2D eigenvalue weighted by atomic mass is 32.1. The van der Waals surface area contributed by atoms with Crippen LogP contribution in [0.2, 0.25) is 0 Å². The Kier molecular flexibility index (Phi) is 6.02. The summed E-state index contributed by atoms with van der Waals surface area (Å²) in [6, 6.07) is 54.3. The molecule has 0 fully saturated rings. The maximum absolute atomic E-state index is 4.58. The highest BCUT2D eigenvalue weighted by molar-refractivity contribution is 7.25. The zero-order valence-electron chi connectivity index (χ0n) is 22.8. The molecular formula is C39H26N2S.